The lowest BCUT2D eigenvalue weighted by Gasteiger charge is -2.15. The van der Waals surface area contributed by atoms with Gasteiger partial charge < -0.3 is 11.1 Å². The first-order chi connectivity index (χ1) is 9.58. The lowest BCUT2D eigenvalue weighted by atomic mass is 10.0. The number of hydrogen-bond acceptors (Lipinski definition) is 5. The zero-order valence-corrected chi connectivity index (χ0v) is 11.5. The van der Waals surface area contributed by atoms with Gasteiger partial charge in [-0.1, -0.05) is 26.0 Å². The highest BCUT2D eigenvalue weighted by Crippen LogP contribution is 2.18. The average molecular weight is 274 g/mol. The van der Waals surface area contributed by atoms with E-state index in [0.717, 1.165) is 0 Å². The normalized spacial score (nSPS) is 12.4. The van der Waals surface area contributed by atoms with E-state index in [4.69, 9.17) is 5.73 Å². The molecular weight excluding hydrogens is 256 g/mol. The molecule has 0 aliphatic rings. The standard InChI is InChI=1S/C13H18N6O/c1-9(2)7-10(14)13(20)16-11-5-3-4-6-12(11)19-8-15-17-18-19/h3-6,8-10H,7,14H2,1-2H3,(H,16,20)/t10-/m0/s1. The topological polar surface area (TPSA) is 98.7 Å². The van der Waals surface area contributed by atoms with Crippen LogP contribution in [0, 0.1) is 5.92 Å². The molecule has 0 bridgehead atoms. The zero-order chi connectivity index (χ0) is 14.5. The second-order valence-corrected chi connectivity index (χ2v) is 5.00. The van der Waals surface area contributed by atoms with Gasteiger partial charge in [0.1, 0.15) is 6.33 Å². The predicted octanol–water partition coefficient (Wildman–Crippen LogP) is 0.974. The third-order valence-electron chi connectivity index (χ3n) is 2.82. The summed E-state index contributed by atoms with van der Waals surface area (Å²) in [5.41, 5.74) is 7.20. The summed E-state index contributed by atoms with van der Waals surface area (Å²) in [6, 6.07) is 6.76. The minimum Gasteiger partial charge on any atom is -0.323 e. The number of nitrogens with two attached hydrogens (primary N) is 1. The smallest absolute Gasteiger partial charge is 0.241 e. The molecule has 1 amide bonds. The zero-order valence-electron chi connectivity index (χ0n) is 11.5. The van der Waals surface area contributed by atoms with Crippen molar-refractivity contribution < 1.29 is 4.79 Å². The Morgan fingerprint density at radius 1 is 1.40 bits per heavy atom. The van der Waals surface area contributed by atoms with Crippen LogP contribution in [0.5, 0.6) is 0 Å². The van der Waals surface area contributed by atoms with Gasteiger partial charge in [0.2, 0.25) is 5.91 Å². The van der Waals surface area contributed by atoms with Gasteiger partial charge in [-0.25, -0.2) is 0 Å². The van der Waals surface area contributed by atoms with Crippen molar-refractivity contribution in [3.63, 3.8) is 0 Å². The highest BCUT2D eigenvalue weighted by atomic mass is 16.2. The minimum atomic E-state index is -0.531. The Morgan fingerprint density at radius 2 is 2.15 bits per heavy atom. The molecule has 0 saturated heterocycles. The molecule has 0 aliphatic heterocycles. The number of anilines is 1. The van der Waals surface area contributed by atoms with Gasteiger partial charge in [0.25, 0.3) is 0 Å². The number of tetrazole rings is 1. The number of rotatable bonds is 5. The maximum Gasteiger partial charge on any atom is 0.241 e. The Bertz CT molecular complexity index is 566. The van der Waals surface area contributed by atoms with Crippen LogP contribution < -0.4 is 11.1 Å². The molecule has 7 heteroatoms. The molecule has 1 aromatic heterocycles. The molecule has 0 saturated carbocycles. The van der Waals surface area contributed by atoms with Gasteiger partial charge >= 0.3 is 0 Å². The molecule has 2 aromatic rings. The third kappa shape index (κ3) is 3.39. The van der Waals surface area contributed by atoms with E-state index in [2.05, 4.69) is 20.8 Å². The minimum absolute atomic E-state index is 0.209. The molecule has 0 spiro atoms. The summed E-state index contributed by atoms with van der Waals surface area (Å²) in [6.07, 6.45) is 2.11. The Kier molecular flexibility index (Phi) is 4.41. The average Bonchev–Trinajstić information content (AvgIpc) is 2.92. The monoisotopic (exact) mass is 274 g/mol. The van der Waals surface area contributed by atoms with Crippen molar-refractivity contribution in [2.45, 2.75) is 26.3 Å². The lowest BCUT2D eigenvalue weighted by Crippen LogP contribution is -2.36. The lowest BCUT2D eigenvalue weighted by molar-refractivity contribution is -0.117. The number of hydrogen-bond donors (Lipinski definition) is 2. The van der Waals surface area contributed by atoms with Crippen molar-refractivity contribution in [3.05, 3.63) is 30.6 Å². The molecule has 3 N–H and O–H groups in total. The van der Waals surface area contributed by atoms with Gasteiger partial charge in [0.15, 0.2) is 0 Å². The summed E-state index contributed by atoms with van der Waals surface area (Å²) in [4.78, 5) is 12.1. The second-order valence-electron chi connectivity index (χ2n) is 5.00. The van der Waals surface area contributed by atoms with Gasteiger partial charge in [-0.2, -0.15) is 4.68 Å². The summed E-state index contributed by atoms with van der Waals surface area (Å²) < 4.78 is 1.49. The molecule has 0 unspecified atom stereocenters. The third-order valence-corrected chi connectivity index (χ3v) is 2.82. The van der Waals surface area contributed by atoms with Gasteiger partial charge in [0, 0.05) is 0 Å². The van der Waals surface area contributed by atoms with Crippen molar-refractivity contribution >= 4 is 11.6 Å². The summed E-state index contributed by atoms with van der Waals surface area (Å²) in [6.45, 7) is 4.06. The molecule has 1 atom stereocenters. The van der Waals surface area contributed by atoms with E-state index in [-0.39, 0.29) is 5.91 Å². The fraction of sp³-hybridized carbons (Fsp3) is 0.385. The van der Waals surface area contributed by atoms with Gasteiger partial charge in [-0.15, -0.1) is 5.10 Å². The Balaban J connectivity index is 2.16. The van der Waals surface area contributed by atoms with Crippen LogP contribution in [-0.2, 0) is 4.79 Å². The maximum absolute atomic E-state index is 12.1. The number of benzene rings is 1. The quantitative estimate of drug-likeness (QED) is 0.846. The van der Waals surface area contributed by atoms with E-state index in [1.54, 1.807) is 6.07 Å². The van der Waals surface area contributed by atoms with Crippen LogP contribution >= 0.6 is 0 Å². The molecular formula is C13H18N6O. The molecule has 2 rings (SSSR count). The van der Waals surface area contributed by atoms with E-state index in [1.807, 2.05) is 32.0 Å². The van der Waals surface area contributed by atoms with E-state index < -0.39 is 6.04 Å². The van der Waals surface area contributed by atoms with Gasteiger partial charge in [-0.3, -0.25) is 4.79 Å². The summed E-state index contributed by atoms with van der Waals surface area (Å²) >= 11 is 0. The molecule has 1 aromatic carbocycles. The maximum atomic E-state index is 12.1. The second kappa shape index (κ2) is 6.25. The number of para-hydroxylation sites is 2. The van der Waals surface area contributed by atoms with E-state index in [9.17, 15) is 4.79 Å². The van der Waals surface area contributed by atoms with Crippen LogP contribution in [-0.4, -0.2) is 32.2 Å². The van der Waals surface area contributed by atoms with E-state index in [0.29, 0.717) is 23.7 Å². The van der Waals surface area contributed by atoms with Crippen molar-refractivity contribution in [2.24, 2.45) is 11.7 Å². The SMILES string of the molecule is CC(C)C[C@H](N)C(=O)Nc1ccccc1-n1cnnn1. The molecule has 7 nitrogen and oxygen atoms in total. The van der Waals surface area contributed by atoms with E-state index in [1.165, 1.54) is 11.0 Å². The largest absolute Gasteiger partial charge is 0.323 e. The highest BCUT2D eigenvalue weighted by Gasteiger charge is 2.16. The fourth-order valence-electron chi connectivity index (χ4n) is 1.89. The molecule has 106 valence electrons. The summed E-state index contributed by atoms with van der Waals surface area (Å²) in [5, 5.41) is 13.8. The number of nitrogens with one attached hydrogen (secondary N) is 1. The predicted molar refractivity (Wildman–Crippen MR) is 75.2 cm³/mol. The summed E-state index contributed by atoms with van der Waals surface area (Å²) in [5.74, 6) is 0.157. The van der Waals surface area contributed by atoms with Crippen LogP contribution in [0.4, 0.5) is 5.69 Å². The van der Waals surface area contributed by atoms with Crippen LogP contribution in [0.2, 0.25) is 0 Å². The van der Waals surface area contributed by atoms with Crippen molar-refractivity contribution in [2.75, 3.05) is 5.32 Å². The van der Waals surface area contributed by atoms with Crippen LogP contribution in [0.15, 0.2) is 30.6 Å². The number of carbonyl (C=O) groups excluding carboxylic acids is 1. The number of nitrogens with zero attached hydrogens (tertiary/aromatic N) is 4. The van der Waals surface area contributed by atoms with Gasteiger partial charge in [-0.05, 0) is 34.9 Å². The van der Waals surface area contributed by atoms with E-state index >= 15 is 0 Å². The molecule has 1 heterocycles. The van der Waals surface area contributed by atoms with Crippen molar-refractivity contribution in [1.82, 2.24) is 20.2 Å². The molecule has 20 heavy (non-hydrogen) atoms. The van der Waals surface area contributed by atoms with Crippen molar-refractivity contribution in [3.8, 4) is 5.69 Å². The number of amides is 1. The molecule has 0 aliphatic carbocycles. The van der Waals surface area contributed by atoms with Crippen LogP contribution in [0.3, 0.4) is 0 Å². The van der Waals surface area contributed by atoms with Crippen molar-refractivity contribution in [1.29, 1.82) is 0 Å². The number of aromatic nitrogens is 4. The van der Waals surface area contributed by atoms with Crippen LogP contribution in [0.25, 0.3) is 5.69 Å². The first-order valence-corrected chi connectivity index (χ1v) is 6.46. The summed E-state index contributed by atoms with van der Waals surface area (Å²) in [7, 11) is 0. The fourth-order valence-corrected chi connectivity index (χ4v) is 1.89. The number of carbonyl (C=O) groups is 1. The Morgan fingerprint density at radius 3 is 2.80 bits per heavy atom. The van der Waals surface area contributed by atoms with Gasteiger partial charge in [0.05, 0.1) is 17.4 Å². The Labute approximate surface area is 117 Å². The Hall–Kier alpha value is -2.28. The molecule has 0 radical (unpaired) electrons. The first-order valence-electron chi connectivity index (χ1n) is 6.46. The first kappa shape index (κ1) is 14.1. The highest BCUT2D eigenvalue weighted by molar-refractivity contribution is 5.96. The van der Waals surface area contributed by atoms with Crippen LogP contribution in [0.1, 0.15) is 20.3 Å². The molecule has 0 fully saturated rings.